The first-order chi connectivity index (χ1) is 50.6. The maximum Gasteiger partial charge on any atom is 0.165 e. The van der Waals surface area contributed by atoms with E-state index < -0.39 is 0 Å². The van der Waals surface area contributed by atoms with Crippen LogP contribution < -0.4 is 0 Å². The Morgan fingerprint density at radius 1 is 0.176 bits per heavy atom. The van der Waals surface area contributed by atoms with Crippen molar-refractivity contribution in [2.24, 2.45) is 0 Å². The van der Waals surface area contributed by atoms with Crippen LogP contribution in [0.2, 0.25) is 0 Å². The molecule has 0 aliphatic heterocycles. The molecule has 0 bridgehead atoms. The molecule has 0 unspecified atom stereocenters. The molecule has 0 atom stereocenters. The van der Waals surface area contributed by atoms with Gasteiger partial charge in [0.1, 0.15) is 11.4 Å². The second-order valence-corrected chi connectivity index (χ2v) is 26.5. The van der Waals surface area contributed by atoms with Crippen LogP contribution in [-0.2, 0) is 0 Å². The summed E-state index contributed by atoms with van der Waals surface area (Å²) in [6.45, 7) is 0. The maximum absolute atomic E-state index is 5.41. The van der Waals surface area contributed by atoms with Gasteiger partial charge in [-0.2, -0.15) is 0 Å². The third kappa shape index (κ3) is 8.96. The first kappa shape index (κ1) is 57.3. The van der Waals surface area contributed by atoms with Crippen molar-refractivity contribution in [2.75, 3.05) is 0 Å². The van der Waals surface area contributed by atoms with Gasteiger partial charge in [0.25, 0.3) is 0 Å². The summed E-state index contributed by atoms with van der Waals surface area (Å²) in [5.74, 6) is 1.63. The van der Waals surface area contributed by atoms with Gasteiger partial charge in [0, 0.05) is 65.6 Å². The van der Waals surface area contributed by atoms with E-state index in [0.29, 0.717) is 0 Å². The fraction of sp³-hybridized carbons (Fsp3) is 0. The maximum atomic E-state index is 5.41. The number of hydrogen-bond donors (Lipinski definition) is 0. The molecule has 6 aromatic heterocycles. The lowest BCUT2D eigenvalue weighted by Crippen LogP contribution is -2.04. The highest BCUT2D eigenvalue weighted by Gasteiger charge is 2.26. The van der Waals surface area contributed by atoms with E-state index in [1.807, 2.05) is 42.5 Å². The molecule has 102 heavy (non-hydrogen) atoms. The van der Waals surface area contributed by atoms with Crippen molar-refractivity contribution >= 4 is 142 Å². The first-order valence-electron chi connectivity index (χ1n) is 34.7. The highest BCUT2D eigenvalue weighted by Crippen LogP contribution is 2.46. The van der Waals surface area contributed by atoms with Crippen LogP contribution in [0, 0.1) is 0 Å². The van der Waals surface area contributed by atoms with Crippen LogP contribution in [0.5, 0.6) is 0 Å². The van der Waals surface area contributed by atoms with Crippen LogP contribution in [0.3, 0.4) is 0 Å². The summed E-state index contributed by atoms with van der Waals surface area (Å²) in [4.78, 5) is 21.4. The molecule has 0 aliphatic carbocycles. The van der Waals surface area contributed by atoms with Crippen molar-refractivity contribution < 1.29 is 0 Å². The van der Waals surface area contributed by atoms with Gasteiger partial charge < -0.3 is 9.13 Å². The highest BCUT2D eigenvalue weighted by atomic mass is 15.1. The average Bonchev–Trinajstić information content (AvgIpc) is 1.55. The normalized spacial score (nSPS) is 11.9. The Balaban J connectivity index is 0.000000133. The smallest absolute Gasteiger partial charge is 0.165 e. The molecule has 0 aliphatic rings. The number of hydrogen-bond acceptors (Lipinski definition) is 4. The van der Waals surface area contributed by atoms with Gasteiger partial charge in [0.05, 0.1) is 66.2 Å². The zero-order valence-corrected chi connectivity index (χ0v) is 55.1. The third-order valence-corrected chi connectivity index (χ3v) is 20.7. The van der Waals surface area contributed by atoms with Crippen molar-refractivity contribution in [1.82, 2.24) is 38.2 Å². The predicted octanol–water partition coefficient (Wildman–Crippen LogP) is 24.1. The quantitative estimate of drug-likeness (QED) is 0.159. The van der Waals surface area contributed by atoms with Crippen molar-refractivity contribution in [3.8, 4) is 56.7 Å². The molecule has 0 amide bonds. The molecule has 22 rings (SSSR count). The van der Waals surface area contributed by atoms with Crippen LogP contribution in [0.1, 0.15) is 0 Å². The second kappa shape index (κ2) is 22.9. The zero-order valence-electron chi connectivity index (χ0n) is 55.1. The molecule has 0 radical (unpaired) electrons. The Bertz CT molecular complexity index is 7170. The monoisotopic (exact) mass is 1300 g/mol. The molecule has 0 N–H and O–H groups in total. The summed E-state index contributed by atoms with van der Waals surface area (Å²) in [7, 11) is 0. The number of fused-ring (bicyclic) bond motifs is 19. The first-order valence-corrected chi connectivity index (χ1v) is 34.7. The molecule has 0 fully saturated rings. The van der Waals surface area contributed by atoms with Crippen molar-refractivity contribution in [3.05, 3.63) is 352 Å². The Morgan fingerprint density at radius 2 is 0.539 bits per heavy atom. The third-order valence-electron chi connectivity index (χ3n) is 20.7. The molecule has 8 heteroatoms. The Morgan fingerprint density at radius 3 is 1.11 bits per heavy atom. The minimum Gasteiger partial charge on any atom is -0.309 e. The summed E-state index contributed by atoms with van der Waals surface area (Å²) < 4.78 is 9.50. The molecule has 6 heterocycles. The molecular weight excluding hydrogens is 1240 g/mol. The summed E-state index contributed by atoms with van der Waals surface area (Å²) in [5.41, 5.74) is 20.9. The zero-order chi connectivity index (χ0) is 66.9. The molecule has 474 valence electrons. The lowest BCUT2D eigenvalue weighted by Gasteiger charge is -2.14. The van der Waals surface area contributed by atoms with E-state index in [2.05, 4.69) is 328 Å². The molecule has 8 nitrogen and oxygen atoms in total. The van der Waals surface area contributed by atoms with E-state index in [1.165, 1.54) is 97.6 Å². The van der Waals surface area contributed by atoms with Crippen molar-refractivity contribution in [2.45, 2.75) is 0 Å². The van der Waals surface area contributed by atoms with Gasteiger partial charge >= 0.3 is 0 Å². The van der Waals surface area contributed by atoms with Crippen LogP contribution in [0.4, 0.5) is 0 Å². The Labute approximate surface area is 584 Å². The van der Waals surface area contributed by atoms with Gasteiger partial charge in [-0.1, -0.05) is 255 Å². The second-order valence-electron chi connectivity index (χ2n) is 26.5. The van der Waals surface area contributed by atoms with Gasteiger partial charge in [0.15, 0.2) is 11.6 Å². The van der Waals surface area contributed by atoms with Gasteiger partial charge in [-0.25, -0.2) is 19.9 Å². The van der Waals surface area contributed by atoms with Crippen LogP contribution in [0.25, 0.3) is 198 Å². The molecule has 0 spiro atoms. The van der Waals surface area contributed by atoms with Crippen LogP contribution in [-0.4, -0.2) is 38.2 Å². The molecule has 16 aromatic carbocycles. The van der Waals surface area contributed by atoms with Gasteiger partial charge in [-0.3, -0.25) is 9.13 Å². The van der Waals surface area contributed by atoms with Crippen LogP contribution >= 0.6 is 0 Å². The number of nitrogens with zero attached hydrogens (tertiary/aromatic N) is 8. The average molecular weight is 1300 g/mol. The van der Waals surface area contributed by atoms with Crippen molar-refractivity contribution in [1.29, 1.82) is 0 Å². The summed E-state index contributed by atoms with van der Waals surface area (Å²) in [6.07, 6.45) is 0. The highest BCUT2D eigenvalue weighted by molar-refractivity contribution is 6.27. The Kier molecular flexibility index (Phi) is 12.9. The lowest BCUT2D eigenvalue weighted by atomic mass is 10.0. The van der Waals surface area contributed by atoms with Crippen LogP contribution in [0.15, 0.2) is 352 Å². The van der Waals surface area contributed by atoms with Gasteiger partial charge in [0.2, 0.25) is 0 Å². The van der Waals surface area contributed by atoms with E-state index in [9.17, 15) is 0 Å². The molecule has 0 saturated carbocycles. The minimum absolute atomic E-state index is 0.810. The topological polar surface area (TPSA) is 71.3 Å². The number of rotatable bonds is 7. The number of aromatic nitrogens is 8. The number of para-hydroxylation sites is 7. The molecule has 22 aromatic rings. The van der Waals surface area contributed by atoms with E-state index in [0.717, 1.165) is 101 Å². The lowest BCUT2D eigenvalue weighted by molar-refractivity contribution is 1.08. The van der Waals surface area contributed by atoms with E-state index in [4.69, 9.17) is 19.9 Å². The van der Waals surface area contributed by atoms with Gasteiger partial charge in [-0.15, -0.1) is 0 Å². The van der Waals surface area contributed by atoms with Crippen molar-refractivity contribution in [3.63, 3.8) is 0 Å². The molecular formula is C94H58N8. The summed E-state index contributed by atoms with van der Waals surface area (Å²) in [5, 5.41) is 17.1. The van der Waals surface area contributed by atoms with E-state index in [-0.39, 0.29) is 0 Å². The minimum atomic E-state index is 0.810. The fourth-order valence-electron chi connectivity index (χ4n) is 16.1. The molecule has 0 saturated heterocycles. The predicted molar refractivity (Wildman–Crippen MR) is 425 cm³/mol. The number of benzene rings is 16. The SMILES string of the molecule is c1ccc(-c2ccc(-c3nc4ccccc4nc3-n3c4ccccc4c4cc5c6c7ccccc7ccc6n(-c6ccccc6)c5cc43)cc2)cc1.c1ccc(-c2nc3ccccc3nc2-n2c3cc4c(cc3c3c5ccccc5ccc32)c2ccccc2n4-c2ccc3ccccc3c2)cc1. The Hall–Kier alpha value is -13.8. The summed E-state index contributed by atoms with van der Waals surface area (Å²) in [6, 6.07) is 125. The fourth-order valence-corrected chi connectivity index (χ4v) is 16.1. The van der Waals surface area contributed by atoms with E-state index >= 15 is 0 Å². The van der Waals surface area contributed by atoms with E-state index in [1.54, 1.807) is 0 Å². The largest absolute Gasteiger partial charge is 0.309 e. The standard InChI is InChI=1S/C48H30N4.C46H28N4/c1-3-13-31(14-4-1)32-23-25-34(26-24-32)47-48(50-41-21-11-10-20-40(41)49-47)52-42-22-12-9-19-37(42)38-29-39-45(30-44(38)52)51(35-16-5-2-6-17-35)43-28-27-33-15-7-8-18-36(33)46(39)43;1-2-14-31(15-3-1)45-46(48-39-20-10-9-19-38(39)47-45)50-41-25-23-30-13-6-7-17-34(30)44(41)37-27-36-35-18-8-11-21-40(35)49(42(36)28-43(37)50)33-24-22-29-12-4-5-16-32(29)26-33/h1-30H;1-28H. The summed E-state index contributed by atoms with van der Waals surface area (Å²) >= 11 is 0. The van der Waals surface area contributed by atoms with Gasteiger partial charge in [-0.05, 0) is 141 Å².